The maximum absolute atomic E-state index is 11.1. The van der Waals surface area contributed by atoms with E-state index in [9.17, 15) is 4.79 Å². The number of benzene rings is 1. The number of hydrogen-bond donors (Lipinski definition) is 1. The first-order valence-corrected chi connectivity index (χ1v) is 8.77. The average molecular weight is 367 g/mol. The molecule has 2 N–H and O–H groups in total. The summed E-state index contributed by atoms with van der Waals surface area (Å²) in [6, 6.07) is 8.22. The molecule has 1 aromatic rings. The van der Waals surface area contributed by atoms with E-state index in [4.69, 9.17) is 5.73 Å². The van der Waals surface area contributed by atoms with E-state index in [-0.39, 0.29) is 0 Å². The molecule has 0 spiro atoms. The van der Waals surface area contributed by atoms with Crippen molar-refractivity contribution in [1.29, 1.82) is 0 Å². The Morgan fingerprint density at radius 3 is 2.56 bits per heavy atom. The maximum atomic E-state index is 11.1. The van der Waals surface area contributed by atoms with E-state index < -0.39 is 0 Å². The number of alkyl halides is 1. The van der Waals surface area contributed by atoms with Crippen molar-refractivity contribution in [1.82, 2.24) is 0 Å². The Labute approximate surface area is 118 Å². The predicted octanol–water partition coefficient (Wildman–Crippen LogP) is 3.28. The minimum Gasteiger partial charge on any atom is -0.326 e. The highest BCUT2D eigenvalue weighted by molar-refractivity contribution is 14.1. The van der Waals surface area contributed by atoms with E-state index in [1.165, 1.54) is 4.90 Å². The molecule has 0 aliphatic carbocycles. The zero-order valence-electron chi connectivity index (χ0n) is 8.82. The second kappa shape index (κ2) is 8.38. The zero-order valence-corrected chi connectivity index (χ0v) is 12.6. The van der Waals surface area contributed by atoms with Crippen molar-refractivity contribution in [2.24, 2.45) is 5.73 Å². The lowest BCUT2D eigenvalue weighted by molar-refractivity contribution is -0.115. The SMILES string of the molecule is NCc1ccc(SSCCC(=O)CI)cc1. The molecule has 0 atom stereocenters. The van der Waals surface area contributed by atoms with Crippen LogP contribution in [0.15, 0.2) is 29.2 Å². The highest BCUT2D eigenvalue weighted by atomic mass is 127. The van der Waals surface area contributed by atoms with Gasteiger partial charge in [0.2, 0.25) is 0 Å². The smallest absolute Gasteiger partial charge is 0.143 e. The quantitative estimate of drug-likeness (QED) is 0.348. The van der Waals surface area contributed by atoms with Gasteiger partial charge in [-0.25, -0.2) is 0 Å². The summed E-state index contributed by atoms with van der Waals surface area (Å²) in [7, 11) is 3.44. The molecule has 0 heterocycles. The molecule has 16 heavy (non-hydrogen) atoms. The first kappa shape index (κ1) is 14.3. The molecule has 0 amide bonds. The minimum absolute atomic E-state index is 0.326. The third-order valence-corrected chi connectivity index (χ3v) is 5.16. The van der Waals surface area contributed by atoms with E-state index in [1.54, 1.807) is 21.6 Å². The van der Waals surface area contributed by atoms with Crippen LogP contribution in [0.1, 0.15) is 12.0 Å². The van der Waals surface area contributed by atoms with Crippen LogP contribution in [0.25, 0.3) is 0 Å². The molecular weight excluding hydrogens is 353 g/mol. The van der Waals surface area contributed by atoms with Gasteiger partial charge < -0.3 is 5.73 Å². The molecule has 0 aromatic heterocycles. The van der Waals surface area contributed by atoms with Gasteiger partial charge in [-0.05, 0) is 17.7 Å². The molecule has 0 saturated carbocycles. The molecule has 0 unspecified atom stereocenters. The second-order valence-corrected chi connectivity index (χ2v) is 6.43. The molecule has 0 aliphatic heterocycles. The van der Waals surface area contributed by atoms with Crippen LogP contribution < -0.4 is 5.73 Å². The van der Waals surface area contributed by atoms with Crippen LogP contribution in [-0.4, -0.2) is 16.0 Å². The molecule has 1 aromatic carbocycles. The topological polar surface area (TPSA) is 43.1 Å². The zero-order chi connectivity index (χ0) is 11.8. The number of nitrogens with two attached hydrogens (primary N) is 1. The van der Waals surface area contributed by atoms with Crippen LogP contribution in [0.5, 0.6) is 0 Å². The Morgan fingerprint density at radius 2 is 2.00 bits per heavy atom. The number of ketones is 1. The summed E-state index contributed by atoms with van der Waals surface area (Å²) in [6.45, 7) is 0.586. The van der Waals surface area contributed by atoms with Gasteiger partial charge in [0.1, 0.15) is 5.78 Å². The van der Waals surface area contributed by atoms with E-state index in [1.807, 2.05) is 12.1 Å². The summed E-state index contributed by atoms with van der Waals surface area (Å²) in [6.07, 6.45) is 0.668. The minimum atomic E-state index is 0.326. The fraction of sp³-hybridized carbons (Fsp3) is 0.364. The molecule has 0 radical (unpaired) electrons. The first-order valence-electron chi connectivity index (χ1n) is 4.92. The van der Waals surface area contributed by atoms with Crippen molar-refractivity contribution < 1.29 is 4.79 Å². The van der Waals surface area contributed by atoms with Crippen molar-refractivity contribution in [3.05, 3.63) is 29.8 Å². The normalized spacial score (nSPS) is 10.4. The predicted molar refractivity (Wildman–Crippen MR) is 81.2 cm³/mol. The lowest BCUT2D eigenvalue weighted by Crippen LogP contribution is -1.98. The van der Waals surface area contributed by atoms with Crippen LogP contribution in [0.4, 0.5) is 0 Å². The summed E-state index contributed by atoms with van der Waals surface area (Å²) in [4.78, 5) is 12.3. The third-order valence-electron chi connectivity index (χ3n) is 1.93. The van der Waals surface area contributed by atoms with Gasteiger partial charge in [0.15, 0.2) is 0 Å². The van der Waals surface area contributed by atoms with Gasteiger partial charge in [0.25, 0.3) is 0 Å². The summed E-state index contributed by atoms with van der Waals surface area (Å²) < 4.78 is 0.619. The van der Waals surface area contributed by atoms with Crippen LogP contribution in [-0.2, 0) is 11.3 Å². The van der Waals surface area contributed by atoms with Gasteiger partial charge in [-0.15, -0.1) is 0 Å². The fourth-order valence-electron chi connectivity index (χ4n) is 1.01. The molecule has 5 heteroatoms. The lowest BCUT2D eigenvalue weighted by atomic mass is 10.2. The van der Waals surface area contributed by atoms with Crippen LogP contribution in [0, 0.1) is 0 Å². The van der Waals surface area contributed by atoms with Gasteiger partial charge in [0.05, 0.1) is 4.43 Å². The van der Waals surface area contributed by atoms with Gasteiger partial charge in [-0.1, -0.05) is 56.3 Å². The van der Waals surface area contributed by atoms with Crippen molar-refractivity contribution in [3.63, 3.8) is 0 Å². The Balaban J connectivity index is 2.24. The van der Waals surface area contributed by atoms with Gasteiger partial charge in [-0.2, -0.15) is 0 Å². The van der Waals surface area contributed by atoms with Crippen LogP contribution in [0.2, 0.25) is 0 Å². The summed E-state index contributed by atoms with van der Waals surface area (Å²) in [5, 5.41) is 0. The number of rotatable bonds is 7. The summed E-state index contributed by atoms with van der Waals surface area (Å²) in [5.41, 5.74) is 6.67. The molecule has 0 saturated heterocycles. The van der Waals surface area contributed by atoms with Crippen molar-refractivity contribution in [2.45, 2.75) is 17.9 Å². The average Bonchev–Trinajstić information content (AvgIpc) is 2.35. The van der Waals surface area contributed by atoms with E-state index in [0.717, 1.165) is 11.3 Å². The molecular formula is C11H14INOS2. The maximum Gasteiger partial charge on any atom is 0.143 e. The Morgan fingerprint density at radius 1 is 1.31 bits per heavy atom. The molecule has 0 aliphatic rings. The summed E-state index contributed by atoms with van der Waals surface area (Å²) in [5.74, 6) is 1.21. The molecule has 1 rings (SSSR count). The molecule has 0 bridgehead atoms. The van der Waals surface area contributed by atoms with E-state index in [0.29, 0.717) is 23.2 Å². The van der Waals surface area contributed by atoms with Crippen molar-refractivity contribution >= 4 is 50.0 Å². The second-order valence-electron chi connectivity index (χ2n) is 3.18. The van der Waals surface area contributed by atoms with Gasteiger partial charge in [-0.3, -0.25) is 4.79 Å². The largest absolute Gasteiger partial charge is 0.326 e. The Hall–Kier alpha value is 0.280. The summed E-state index contributed by atoms with van der Waals surface area (Å²) >= 11 is 2.11. The monoisotopic (exact) mass is 367 g/mol. The first-order chi connectivity index (χ1) is 7.76. The van der Waals surface area contributed by atoms with Gasteiger partial charge in [0, 0.05) is 23.6 Å². The third kappa shape index (κ3) is 5.56. The highest BCUT2D eigenvalue weighted by Gasteiger charge is 2.00. The van der Waals surface area contributed by atoms with Crippen LogP contribution >= 0.6 is 44.2 Å². The standard InChI is InChI=1S/C11H14INOS2/c12-7-10(14)5-6-15-16-11-3-1-9(8-13)2-4-11/h1-4H,5-8,13H2. The van der Waals surface area contributed by atoms with Crippen molar-refractivity contribution in [3.8, 4) is 0 Å². The number of carbonyl (C=O) groups is 1. The van der Waals surface area contributed by atoms with Gasteiger partial charge >= 0.3 is 0 Å². The van der Waals surface area contributed by atoms with Crippen molar-refractivity contribution in [2.75, 3.05) is 10.2 Å². The molecule has 0 fully saturated rings. The Kier molecular flexibility index (Phi) is 7.51. The highest BCUT2D eigenvalue weighted by Crippen LogP contribution is 2.31. The number of halogens is 1. The Bertz CT molecular complexity index is 329. The van der Waals surface area contributed by atoms with E-state index in [2.05, 4.69) is 34.7 Å². The lowest BCUT2D eigenvalue weighted by Gasteiger charge is -2.01. The number of carbonyl (C=O) groups excluding carboxylic acids is 1. The number of Topliss-reactive ketones (excluding diaryl/α,β-unsaturated/α-hetero) is 1. The fourth-order valence-corrected chi connectivity index (χ4v) is 3.41. The van der Waals surface area contributed by atoms with E-state index >= 15 is 0 Å². The molecule has 2 nitrogen and oxygen atoms in total. The molecule has 88 valence electrons. The van der Waals surface area contributed by atoms with Crippen LogP contribution in [0.3, 0.4) is 0 Å². The number of hydrogen-bond acceptors (Lipinski definition) is 4.